The number of hydrogen-bond acceptors (Lipinski definition) is 4. The highest BCUT2D eigenvalue weighted by Crippen LogP contribution is 2.56. The normalized spacial score (nSPS) is 15.2. The van der Waals surface area contributed by atoms with Crippen LogP contribution in [-0.4, -0.2) is 39.7 Å². The second-order valence-electron chi connectivity index (χ2n) is 5.93. The molecule has 0 aliphatic heterocycles. The summed E-state index contributed by atoms with van der Waals surface area (Å²) in [5.74, 6) is -18.1. The first-order chi connectivity index (χ1) is 14.2. The van der Waals surface area contributed by atoms with Gasteiger partial charge in [0.25, 0.3) is 0 Å². The van der Waals surface area contributed by atoms with E-state index in [4.69, 9.17) is 0 Å². The van der Waals surface area contributed by atoms with Gasteiger partial charge in [-0.1, -0.05) is 0 Å². The molecule has 0 saturated heterocycles. The van der Waals surface area contributed by atoms with Crippen molar-refractivity contribution in [2.45, 2.75) is 33.9 Å². The van der Waals surface area contributed by atoms with Crippen LogP contribution in [0.2, 0.25) is 0 Å². The predicted molar refractivity (Wildman–Crippen MR) is 73.4 cm³/mol. The fraction of sp³-hybridized carbons (Fsp3) is 0.500. The van der Waals surface area contributed by atoms with Gasteiger partial charge in [0, 0.05) is 0 Å². The van der Waals surface area contributed by atoms with Gasteiger partial charge in [-0.2, -0.15) is 43.9 Å². The lowest BCUT2D eigenvalue weighted by atomic mass is 10.1. The Morgan fingerprint density at radius 2 is 0.697 bits per heavy atom. The minimum absolute atomic E-state index is 1.45. The maximum Gasteiger partial charge on any atom is 0.469 e. The van der Waals surface area contributed by atoms with Gasteiger partial charge in [0.1, 0.15) is 0 Å². The minimum atomic E-state index is -8.67. The molecule has 0 aliphatic rings. The lowest BCUT2D eigenvalue weighted by Gasteiger charge is -2.36. The molecule has 0 bridgehead atoms. The van der Waals surface area contributed by atoms with Gasteiger partial charge in [0.05, 0.1) is 5.56 Å². The summed E-state index contributed by atoms with van der Waals surface area (Å²) in [6.07, 6.45) is -15.1. The standard InChI is InChI=1S/C12H3F15O4S2/c1-8(32(28,29)11(24,25)9(18,19)20,33(30,31)12(26,27)10(21,22)23)2-3(13)5(15)7(17)6(16)4(2)14/h1H3. The first-order valence-electron chi connectivity index (χ1n) is 7.07. The van der Waals surface area contributed by atoms with Crippen molar-refractivity contribution < 1.29 is 82.7 Å². The highest BCUT2D eigenvalue weighted by Gasteiger charge is 2.82. The summed E-state index contributed by atoms with van der Waals surface area (Å²) < 4.78 is 239. The van der Waals surface area contributed by atoms with Crippen molar-refractivity contribution in [2.75, 3.05) is 0 Å². The molecule has 0 aliphatic carbocycles. The van der Waals surface area contributed by atoms with E-state index in [1.54, 1.807) is 0 Å². The molecule has 0 saturated carbocycles. The topological polar surface area (TPSA) is 68.3 Å². The van der Waals surface area contributed by atoms with Crippen LogP contribution in [0.25, 0.3) is 0 Å². The third kappa shape index (κ3) is 3.52. The molecule has 0 aromatic heterocycles. The molecule has 33 heavy (non-hydrogen) atoms. The Balaban J connectivity index is 4.58. The van der Waals surface area contributed by atoms with Gasteiger partial charge in [0.2, 0.25) is 29.6 Å². The van der Waals surface area contributed by atoms with E-state index in [0.717, 1.165) is 0 Å². The molecular formula is C12H3F15O4S2. The van der Waals surface area contributed by atoms with Crippen LogP contribution in [0.4, 0.5) is 65.9 Å². The number of sulfone groups is 2. The van der Waals surface area contributed by atoms with Crippen molar-refractivity contribution in [3.63, 3.8) is 0 Å². The van der Waals surface area contributed by atoms with Crippen molar-refractivity contribution in [1.82, 2.24) is 0 Å². The van der Waals surface area contributed by atoms with Crippen LogP contribution in [-0.2, 0) is 23.8 Å². The van der Waals surface area contributed by atoms with E-state index in [9.17, 15) is 82.7 Å². The van der Waals surface area contributed by atoms with Crippen LogP contribution < -0.4 is 0 Å². The van der Waals surface area contributed by atoms with Gasteiger partial charge in [-0.05, 0) is 6.92 Å². The summed E-state index contributed by atoms with van der Waals surface area (Å²) in [5.41, 5.74) is -3.87. The Hall–Kier alpha value is -1.93. The molecule has 0 unspecified atom stereocenters. The maximum atomic E-state index is 14.0. The highest BCUT2D eigenvalue weighted by atomic mass is 32.3. The Bertz CT molecular complexity index is 1090. The molecule has 1 aromatic rings. The molecule has 0 atom stereocenters. The van der Waals surface area contributed by atoms with Gasteiger partial charge in [-0.25, -0.2) is 38.8 Å². The smallest absolute Gasteiger partial charge is 0.220 e. The number of benzene rings is 1. The van der Waals surface area contributed by atoms with Crippen LogP contribution in [0.3, 0.4) is 0 Å². The number of alkyl halides is 10. The molecule has 21 heteroatoms. The lowest BCUT2D eigenvalue weighted by molar-refractivity contribution is -0.243. The molecule has 0 radical (unpaired) electrons. The monoisotopic (exact) mass is 560 g/mol. The van der Waals surface area contributed by atoms with Crippen LogP contribution in [0.15, 0.2) is 0 Å². The van der Waals surface area contributed by atoms with Crippen LogP contribution in [0.5, 0.6) is 0 Å². The van der Waals surface area contributed by atoms with Crippen molar-refractivity contribution in [3.05, 3.63) is 34.6 Å². The summed E-state index contributed by atoms with van der Waals surface area (Å²) in [6, 6.07) is 0. The fourth-order valence-corrected chi connectivity index (χ4v) is 6.48. The lowest BCUT2D eigenvalue weighted by Crippen LogP contribution is -2.61. The van der Waals surface area contributed by atoms with E-state index in [1.807, 2.05) is 0 Å². The Labute approximate surface area is 171 Å². The summed E-state index contributed by atoms with van der Waals surface area (Å²) in [6.45, 7) is -1.45. The quantitative estimate of drug-likeness (QED) is 0.298. The van der Waals surface area contributed by atoms with Gasteiger partial charge in [-0.15, -0.1) is 0 Å². The SMILES string of the molecule is CC(c1c(F)c(F)c(F)c(F)c1F)(S(=O)(=O)C(F)(F)C(F)(F)F)S(=O)(=O)C(F)(F)C(F)(F)F. The van der Waals surface area contributed by atoms with Gasteiger partial charge in [-0.3, -0.25) is 0 Å². The summed E-state index contributed by atoms with van der Waals surface area (Å²) >= 11 is 0. The first-order valence-corrected chi connectivity index (χ1v) is 10.0. The Morgan fingerprint density at radius 3 is 0.909 bits per heavy atom. The van der Waals surface area contributed by atoms with Crippen molar-refractivity contribution >= 4 is 19.7 Å². The van der Waals surface area contributed by atoms with Crippen LogP contribution in [0, 0.1) is 29.1 Å². The molecule has 0 heterocycles. The number of rotatable bonds is 5. The van der Waals surface area contributed by atoms with E-state index in [0.29, 0.717) is 0 Å². The van der Waals surface area contributed by atoms with Crippen molar-refractivity contribution in [2.24, 2.45) is 0 Å². The molecule has 0 N–H and O–H groups in total. The van der Waals surface area contributed by atoms with E-state index in [1.165, 1.54) is 0 Å². The largest absolute Gasteiger partial charge is 0.469 e. The van der Waals surface area contributed by atoms with Crippen molar-refractivity contribution in [3.8, 4) is 0 Å². The van der Waals surface area contributed by atoms with Crippen molar-refractivity contribution in [1.29, 1.82) is 0 Å². The third-order valence-corrected chi connectivity index (χ3v) is 9.61. The Morgan fingerprint density at radius 1 is 0.485 bits per heavy atom. The predicted octanol–water partition coefficient (Wildman–Crippen LogP) is 4.69. The number of halogens is 15. The number of hydrogen-bond donors (Lipinski definition) is 0. The first kappa shape index (κ1) is 29.1. The molecule has 0 spiro atoms. The van der Waals surface area contributed by atoms with E-state index in [-0.39, 0.29) is 0 Å². The average molecular weight is 560 g/mol. The van der Waals surface area contributed by atoms with E-state index < -0.39 is 88.2 Å². The van der Waals surface area contributed by atoms with E-state index >= 15 is 0 Å². The Kier molecular flexibility index (Phi) is 6.65. The second-order valence-corrected chi connectivity index (χ2v) is 10.9. The highest BCUT2D eigenvalue weighted by molar-refractivity contribution is 8.10. The molecule has 0 fully saturated rings. The zero-order chi connectivity index (χ0) is 27.0. The van der Waals surface area contributed by atoms with Gasteiger partial charge < -0.3 is 0 Å². The van der Waals surface area contributed by atoms with Crippen LogP contribution >= 0.6 is 0 Å². The average Bonchev–Trinajstić information content (AvgIpc) is 2.62. The van der Waals surface area contributed by atoms with Gasteiger partial charge in [0.15, 0.2) is 23.3 Å². The summed E-state index contributed by atoms with van der Waals surface area (Å²) in [4.78, 5) is 0. The zero-order valence-corrected chi connectivity index (χ0v) is 16.3. The van der Waals surface area contributed by atoms with E-state index in [2.05, 4.69) is 0 Å². The summed E-state index contributed by atoms with van der Waals surface area (Å²) in [7, 11) is -17.3. The third-order valence-electron chi connectivity index (χ3n) is 4.02. The molecule has 192 valence electrons. The molecule has 1 aromatic carbocycles. The molecular weight excluding hydrogens is 557 g/mol. The fourth-order valence-electron chi connectivity index (χ4n) is 2.21. The van der Waals surface area contributed by atoms with Gasteiger partial charge >= 0.3 is 22.9 Å². The van der Waals surface area contributed by atoms with Crippen LogP contribution in [0.1, 0.15) is 12.5 Å². The molecule has 4 nitrogen and oxygen atoms in total. The second kappa shape index (κ2) is 7.54. The molecule has 1 rings (SSSR count). The zero-order valence-electron chi connectivity index (χ0n) is 14.6. The minimum Gasteiger partial charge on any atom is -0.220 e. The summed E-state index contributed by atoms with van der Waals surface area (Å²) in [5, 5.41) is -15.4. The molecule has 0 amide bonds. The maximum absolute atomic E-state index is 14.0.